The lowest BCUT2D eigenvalue weighted by Gasteiger charge is -2.27. The van der Waals surface area contributed by atoms with Gasteiger partial charge in [-0.3, -0.25) is 9.59 Å². The van der Waals surface area contributed by atoms with E-state index in [-0.39, 0.29) is 5.91 Å². The maximum Gasteiger partial charge on any atom is 0.252 e. The molecule has 4 N–H and O–H groups in total. The van der Waals surface area contributed by atoms with Crippen LogP contribution < -0.4 is 21.1 Å². The number of primary amides is 1. The summed E-state index contributed by atoms with van der Waals surface area (Å²) in [5.41, 5.74) is 6.42. The second kappa shape index (κ2) is 9.37. The Morgan fingerprint density at radius 3 is 2.50 bits per heavy atom. The largest absolute Gasteiger partial charge is 0.457 e. The Morgan fingerprint density at radius 2 is 1.82 bits per heavy atom. The maximum absolute atomic E-state index is 12.4. The molecule has 3 rings (SSSR count). The lowest BCUT2D eigenvalue weighted by molar-refractivity contribution is -0.117. The molecular formula is C22H27N3O3. The molecule has 0 radical (unpaired) electrons. The number of rotatable bonds is 7. The number of ether oxygens (including phenoxy) is 1. The quantitative estimate of drug-likeness (QED) is 0.684. The number of carbonyl (C=O) groups is 2. The number of benzene rings is 2. The third-order valence-corrected chi connectivity index (χ3v) is 5.21. The van der Waals surface area contributed by atoms with Crippen molar-refractivity contribution in [1.29, 1.82) is 0 Å². The number of nitrogens with two attached hydrogens (primary N) is 1. The van der Waals surface area contributed by atoms with Crippen molar-refractivity contribution >= 4 is 17.5 Å². The highest BCUT2D eigenvalue weighted by Crippen LogP contribution is 2.27. The zero-order valence-electron chi connectivity index (χ0n) is 16.1. The van der Waals surface area contributed by atoms with Crippen molar-refractivity contribution in [3.8, 4) is 11.5 Å². The van der Waals surface area contributed by atoms with Crippen molar-refractivity contribution in [3.63, 3.8) is 0 Å². The van der Waals surface area contributed by atoms with Gasteiger partial charge in [-0.2, -0.15) is 0 Å². The van der Waals surface area contributed by atoms with Gasteiger partial charge in [0.25, 0.3) is 5.91 Å². The van der Waals surface area contributed by atoms with Gasteiger partial charge < -0.3 is 21.1 Å². The number of nitrogens with one attached hydrogen (secondary N) is 2. The lowest BCUT2D eigenvalue weighted by Crippen LogP contribution is -2.32. The minimum absolute atomic E-state index is 0.0266. The van der Waals surface area contributed by atoms with Crippen molar-refractivity contribution in [2.24, 2.45) is 17.6 Å². The first-order valence-electron chi connectivity index (χ1n) is 9.70. The SMILES string of the molecule is CC(CC(=O)Nc1ccc(Oc2ccccc2C(N)=O)cc1)C1CCNCC1. The fourth-order valence-electron chi connectivity index (χ4n) is 3.58. The Hall–Kier alpha value is -2.86. The van der Waals surface area contributed by atoms with E-state index in [1.54, 1.807) is 48.5 Å². The number of carbonyl (C=O) groups excluding carboxylic acids is 2. The van der Waals surface area contributed by atoms with Crippen LogP contribution in [0.5, 0.6) is 11.5 Å². The van der Waals surface area contributed by atoms with Gasteiger partial charge in [0.1, 0.15) is 11.5 Å². The second-order valence-corrected chi connectivity index (χ2v) is 7.30. The van der Waals surface area contributed by atoms with Crippen LogP contribution in [0.1, 0.15) is 36.5 Å². The molecule has 2 aromatic carbocycles. The molecule has 6 nitrogen and oxygen atoms in total. The molecule has 2 amide bonds. The fourth-order valence-corrected chi connectivity index (χ4v) is 3.58. The summed E-state index contributed by atoms with van der Waals surface area (Å²) in [7, 11) is 0. The van der Waals surface area contributed by atoms with E-state index in [2.05, 4.69) is 17.6 Å². The van der Waals surface area contributed by atoms with Crippen LogP contribution in [0.15, 0.2) is 48.5 Å². The van der Waals surface area contributed by atoms with Crippen LogP contribution in [-0.4, -0.2) is 24.9 Å². The van der Waals surface area contributed by atoms with Crippen molar-refractivity contribution in [2.75, 3.05) is 18.4 Å². The molecule has 1 fully saturated rings. The summed E-state index contributed by atoms with van der Waals surface area (Å²) >= 11 is 0. The van der Waals surface area contributed by atoms with Gasteiger partial charge in [-0.15, -0.1) is 0 Å². The third-order valence-electron chi connectivity index (χ3n) is 5.21. The molecular weight excluding hydrogens is 354 g/mol. The van der Waals surface area contributed by atoms with Crippen LogP contribution >= 0.6 is 0 Å². The van der Waals surface area contributed by atoms with Gasteiger partial charge in [-0.1, -0.05) is 19.1 Å². The van der Waals surface area contributed by atoms with E-state index < -0.39 is 5.91 Å². The van der Waals surface area contributed by atoms with E-state index in [9.17, 15) is 9.59 Å². The van der Waals surface area contributed by atoms with E-state index in [0.717, 1.165) is 31.6 Å². The Balaban J connectivity index is 1.55. The molecule has 0 aromatic heterocycles. The Kier molecular flexibility index (Phi) is 6.66. The van der Waals surface area contributed by atoms with Gasteiger partial charge >= 0.3 is 0 Å². The summed E-state index contributed by atoms with van der Waals surface area (Å²) in [6.07, 6.45) is 2.79. The van der Waals surface area contributed by atoms with Gasteiger partial charge in [0.15, 0.2) is 0 Å². The molecule has 1 atom stereocenters. The van der Waals surface area contributed by atoms with Crippen molar-refractivity contribution < 1.29 is 14.3 Å². The Labute approximate surface area is 165 Å². The summed E-state index contributed by atoms with van der Waals surface area (Å²) in [5, 5.41) is 6.31. The van der Waals surface area contributed by atoms with E-state index >= 15 is 0 Å². The zero-order valence-corrected chi connectivity index (χ0v) is 16.1. The number of piperidine rings is 1. The monoisotopic (exact) mass is 381 g/mol. The molecule has 1 saturated heterocycles. The second-order valence-electron chi connectivity index (χ2n) is 7.30. The van der Waals surface area contributed by atoms with Crippen LogP contribution in [-0.2, 0) is 4.79 Å². The number of amides is 2. The summed E-state index contributed by atoms with van der Waals surface area (Å²) in [4.78, 5) is 23.8. The van der Waals surface area contributed by atoms with Gasteiger partial charge in [0, 0.05) is 12.1 Å². The average molecular weight is 381 g/mol. The van der Waals surface area contributed by atoms with Gasteiger partial charge in [-0.05, 0) is 74.2 Å². The normalized spacial score (nSPS) is 15.6. The third kappa shape index (κ3) is 5.33. The molecule has 1 heterocycles. The van der Waals surface area contributed by atoms with E-state index in [1.807, 2.05) is 0 Å². The first-order valence-corrected chi connectivity index (χ1v) is 9.70. The van der Waals surface area contributed by atoms with Crippen molar-refractivity contribution in [3.05, 3.63) is 54.1 Å². The molecule has 2 aromatic rings. The molecule has 0 aliphatic carbocycles. The smallest absolute Gasteiger partial charge is 0.252 e. The topological polar surface area (TPSA) is 93.4 Å². The molecule has 0 bridgehead atoms. The molecule has 1 aliphatic rings. The maximum atomic E-state index is 12.4. The van der Waals surface area contributed by atoms with E-state index in [4.69, 9.17) is 10.5 Å². The number of hydrogen-bond acceptors (Lipinski definition) is 4. The Bertz CT molecular complexity index is 814. The van der Waals surface area contributed by atoms with Crippen LogP contribution in [0.25, 0.3) is 0 Å². The standard InChI is InChI=1S/C22H27N3O3/c1-15(16-10-12-24-13-11-16)14-21(26)25-17-6-8-18(9-7-17)28-20-5-3-2-4-19(20)22(23)27/h2-9,15-16,24H,10-14H2,1H3,(H2,23,27)(H,25,26). The van der Waals surface area contributed by atoms with E-state index in [0.29, 0.717) is 35.3 Å². The highest BCUT2D eigenvalue weighted by atomic mass is 16.5. The first-order chi connectivity index (χ1) is 13.5. The van der Waals surface area contributed by atoms with Crippen molar-refractivity contribution in [2.45, 2.75) is 26.2 Å². The molecule has 0 spiro atoms. The summed E-state index contributed by atoms with van der Waals surface area (Å²) in [5.74, 6) is 1.43. The highest BCUT2D eigenvalue weighted by Gasteiger charge is 2.22. The number of para-hydroxylation sites is 1. The van der Waals surface area contributed by atoms with Crippen molar-refractivity contribution in [1.82, 2.24) is 5.32 Å². The number of anilines is 1. The van der Waals surface area contributed by atoms with Crippen LogP contribution in [0.3, 0.4) is 0 Å². The summed E-state index contributed by atoms with van der Waals surface area (Å²) in [6, 6.07) is 13.9. The number of hydrogen-bond donors (Lipinski definition) is 3. The highest BCUT2D eigenvalue weighted by molar-refractivity contribution is 5.95. The molecule has 0 saturated carbocycles. The molecule has 6 heteroatoms. The zero-order chi connectivity index (χ0) is 19.9. The first kappa shape index (κ1) is 19.9. The van der Waals surface area contributed by atoms with Crippen LogP contribution in [0.4, 0.5) is 5.69 Å². The van der Waals surface area contributed by atoms with Crippen LogP contribution in [0.2, 0.25) is 0 Å². The van der Waals surface area contributed by atoms with Gasteiger partial charge in [-0.25, -0.2) is 0 Å². The van der Waals surface area contributed by atoms with Gasteiger partial charge in [0.05, 0.1) is 5.56 Å². The minimum Gasteiger partial charge on any atom is -0.457 e. The molecule has 148 valence electrons. The Morgan fingerprint density at radius 1 is 1.14 bits per heavy atom. The molecule has 28 heavy (non-hydrogen) atoms. The molecule has 1 unspecified atom stereocenters. The molecule has 1 aliphatic heterocycles. The lowest BCUT2D eigenvalue weighted by atomic mass is 9.84. The predicted molar refractivity (Wildman–Crippen MR) is 109 cm³/mol. The predicted octanol–water partition coefficient (Wildman–Crippen LogP) is 3.54. The van der Waals surface area contributed by atoms with E-state index in [1.165, 1.54) is 0 Å². The summed E-state index contributed by atoms with van der Waals surface area (Å²) < 4.78 is 5.76. The average Bonchev–Trinajstić information content (AvgIpc) is 2.70. The van der Waals surface area contributed by atoms with Gasteiger partial charge in [0.2, 0.25) is 5.91 Å². The summed E-state index contributed by atoms with van der Waals surface area (Å²) in [6.45, 7) is 4.23. The fraction of sp³-hybridized carbons (Fsp3) is 0.364. The van der Waals surface area contributed by atoms with Crippen LogP contribution in [0, 0.1) is 11.8 Å². The minimum atomic E-state index is -0.539.